The number of piperazine rings is 1. The number of aromatic nitrogens is 3. The minimum atomic E-state index is -1.03. The molecule has 15 heteroatoms. The Morgan fingerprint density at radius 3 is 2.82 bits per heavy atom. The molecule has 6 heterocycles. The topological polar surface area (TPSA) is 114 Å². The van der Waals surface area contributed by atoms with E-state index in [0.29, 0.717) is 23.7 Å². The number of hydrogen-bond donors (Lipinski definition) is 1. The number of ether oxygens (including phenoxy) is 1. The van der Waals surface area contributed by atoms with Gasteiger partial charge in [-0.1, -0.05) is 30.2 Å². The molecule has 11 nitrogen and oxygen atoms in total. The van der Waals surface area contributed by atoms with Gasteiger partial charge in [0.25, 0.3) is 5.91 Å². The van der Waals surface area contributed by atoms with Crippen LogP contribution in [0.3, 0.4) is 0 Å². The van der Waals surface area contributed by atoms with Crippen molar-refractivity contribution < 1.29 is 27.1 Å². The van der Waals surface area contributed by atoms with E-state index in [9.17, 15) is 18.8 Å². The lowest BCUT2D eigenvalue weighted by Crippen LogP contribution is -2.55. The van der Waals surface area contributed by atoms with Crippen molar-refractivity contribution in [1.29, 1.82) is 5.26 Å². The Balaban J connectivity index is 1.19. The van der Waals surface area contributed by atoms with E-state index in [2.05, 4.69) is 32.3 Å². The summed E-state index contributed by atoms with van der Waals surface area (Å²) < 4.78 is 68.0. The summed E-state index contributed by atoms with van der Waals surface area (Å²) in [7, 11) is 0. The van der Waals surface area contributed by atoms with Crippen LogP contribution in [0, 0.1) is 35.3 Å². The smallest absolute Gasteiger partial charge is 0.319 e. The molecule has 280 valence electrons. The number of amides is 1. The molecule has 0 saturated carbocycles. The Labute approximate surface area is 314 Å². The quantitative estimate of drug-likeness (QED) is 0.138. The molecule has 55 heavy (non-hydrogen) atoms. The van der Waals surface area contributed by atoms with Gasteiger partial charge in [0, 0.05) is 62.1 Å². The molecule has 2 aromatic heterocycles. The minimum absolute atomic E-state index is 0.0116. The van der Waals surface area contributed by atoms with Gasteiger partial charge in [0.1, 0.15) is 35.6 Å². The zero-order valence-corrected chi connectivity index (χ0v) is 29.6. The van der Waals surface area contributed by atoms with Crippen molar-refractivity contribution in [1.82, 2.24) is 35.2 Å². The number of fused-ring (bicyclic) bond motifs is 3. The largest absolute Gasteiger partial charge is 0.461 e. The van der Waals surface area contributed by atoms with Gasteiger partial charge in [0.15, 0.2) is 5.82 Å². The highest BCUT2D eigenvalue weighted by molar-refractivity contribution is 6.02. The van der Waals surface area contributed by atoms with Crippen molar-refractivity contribution in [2.24, 2.45) is 0 Å². The molecule has 4 aromatic rings. The molecule has 0 radical (unpaired) electrons. The second-order valence-electron chi connectivity index (χ2n) is 14.0. The number of pyridine rings is 1. The van der Waals surface area contributed by atoms with Crippen molar-refractivity contribution >= 4 is 33.4 Å². The van der Waals surface area contributed by atoms with Gasteiger partial charge in [-0.05, 0) is 43.0 Å². The van der Waals surface area contributed by atoms with Crippen molar-refractivity contribution in [3.8, 4) is 35.7 Å². The number of terminal acetylenes is 1. The zero-order chi connectivity index (χ0) is 38.3. The van der Waals surface area contributed by atoms with Gasteiger partial charge in [0.2, 0.25) is 5.83 Å². The maximum absolute atomic E-state index is 17.0. The number of allylic oxidation sites excluding steroid dienone is 2. The molecular weight excluding hydrogens is 714 g/mol. The van der Waals surface area contributed by atoms with Gasteiger partial charge in [-0.3, -0.25) is 19.7 Å². The number of nitrogens with one attached hydrogen (secondary N) is 1. The van der Waals surface area contributed by atoms with Crippen molar-refractivity contribution in [3.63, 3.8) is 0 Å². The maximum atomic E-state index is 17.0. The van der Waals surface area contributed by atoms with Gasteiger partial charge < -0.3 is 20.0 Å². The number of hydrazine groups is 1. The Bertz CT molecular complexity index is 2370. The van der Waals surface area contributed by atoms with Gasteiger partial charge in [0.05, 0.1) is 41.2 Å². The molecule has 1 amide bonds. The van der Waals surface area contributed by atoms with Gasteiger partial charge in [-0.25, -0.2) is 13.2 Å². The SMILES string of the molecule is C#Cc1c(F)ccc2cccc(-c3ncc4c(N5CCN(C(=O)/C(F)=C/N6C=CC=CN6)[C@@H](CC#N)C5)nc(OC[C@@]56CCCN5C[C@H](F)C6)nc4c3F)c12. The van der Waals surface area contributed by atoms with E-state index in [-0.39, 0.29) is 72.2 Å². The molecule has 0 aliphatic carbocycles. The Kier molecular flexibility index (Phi) is 9.49. The number of anilines is 1. The first-order chi connectivity index (χ1) is 26.7. The van der Waals surface area contributed by atoms with Crippen LogP contribution >= 0.6 is 0 Å². The van der Waals surface area contributed by atoms with Crippen LogP contribution in [0.1, 0.15) is 31.2 Å². The normalized spacial score (nSPS) is 22.5. The summed E-state index contributed by atoms with van der Waals surface area (Å²) in [6, 6.07) is 9.02. The molecule has 3 atom stereocenters. The highest BCUT2D eigenvalue weighted by atomic mass is 19.1. The van der Waals surface area contributed by atoms with Crippen LogP contribution in [0.5, 0.6) is 6.01 Å². The number of nitriles is 1. The van der Waals surface area contributed by atoms with Crippen LogP contribution in [0.4, 0.5) is 23.4 Å². The lowest BCUT2D eigenvalue weighted by Gasteiger charge is -2.41. The fourth-order valence-corrected chi connectivity index (χ4v) is 8.21. The van der Waals surface area contributed by atoms with E-state index in [1.807, 2.05) is 0 Å². The van der Waals surface area contributed by atoms with Gasteiger partial charge >= 0.3 is 6.01 Å². The average molecular weight is 750 g/mol. The summed E-state index contributed by atoms with van der Waals surface area (Å²) in [4.78, 5) is 32.2. The summed E-state index contributed by atoms with van der Waals surface area (Å²) in [6.45, 7) is 1.32. The molecular formula is C40H35F4N9O2. The number of carbonyl (C=O) groups excluding carboxylic acids is 1. The maximum Gasteiger partial charge on any atom is 0.319 e. The average Bonchev–Trinajstić information content (AvgIpc) is 3.73. The van der Waals surface area contributed by atoms with Crippen LogP contribution in [-0.4, -0.2) is 92.8 Å². The highest BCUT2D eigenvalue weighted by Crippen LogP contribution is 2.41. The van der Waals surface area contributed by atoms with Crippen molar-refractivity contribution in [2.75, 3.05) is 44.2 Å². The summed E-state index contributed by atoms with van der Waals surface area (Å²) in [5, 5.41) is 12.1. The molecule has 8 rings (SSSR count). The van der Waals surface area contributed by atoms with E-state index in [1.165, 1.54) is 28.4 Å². The van der Waals surface area contributed by atoms with Gasteiger partial charge in [-0.2, -0.15) is 19.6 Å². The second kappa shape index (κ2) is 14.6. The predicted molar refractivity (Wildman–Crippen MR) is 197 cm³/mol. The second-order valence-corrected chi connectivity index (χ2v) is 14.0. The summed E-state index contributed by atoms with van der Waals surface area (Å²) in [5.41, 5.74) is 2.19. The van der Waals surface area contributed by atoms with Crippen LogP contribution in [0.25, 0.3) is 32.9 Å². The zero-order valence-electron chi connectivity index (χ0n) is 29.6. The van der Waals surface area contributed by atoms with Crippen molar-refractivity contribution in [3.05, 3.63) is 90.3 Å². The molecule has 3 fully saturated rings. The van der Waals surface area contributed by atoms with E-state index in [4.69, 9.17) is 16.1 Å². The third-order valence-corrected chi connectivity index (χ3v) is 10.8. The monoisotopic (exact) mass is 749 g/mol. The van der Waals surface area contributed by atoms with E-state index in [1.54, 1.807) is 47.5 Å². The fraction of sp³-hybridized carbons (Fsp3) is 0.325. The van der Waals surface area contributed by atoms with E-state index >= 15 is 8.78 Å². The number of alkyl halides is 1. The molecule has 4 aliphatic rings. The first-order valence-electron chi connectivity index (χ1n) is 17.9. The first-order valence-corrected chi connectivity index (χ1v) is 17.9. The summed E-state index contributed by atoms with van der Waals surface area (Å²) in [6.07, 6.45) is 15.4. The minimum Gasteiger partial charge on any atom is -0.461 e. The lowest BCUT2D eigenvalue weighted by molar-refractivity contribution is -0.131. The number of carbonyl (C=O) groups is 1. The Hall–Kier alpha value is -6.19. The number of hydrogen-bond acceptors (Lipinski definition) is 10. The standard InChI is InChI=1S/C40H35F4N9O2/c1-2-28-31(42)10-9-25-7-5-8-29(33(25)28)35-34(44)36-30(20-46-35)37(49-39(48-36)55-24-40-12-6-15-51(40)21-26(41)19-40)50-17-18-53(27(22-50)11-13-45)38(54)32(43)23-52-16-4-3-14-47-52/h1,3-5,7-10,14,16,20,23,26-27,47H,6,11-12,15,17-19,21-22,24H2/b32-23-/t26-,27+,40+/m1/s1. The summed E-state index contributed by atoms with van der Waals surface area (Å²) >= 11 is 0. The molecule has 4 aliphatic heterocycles. The molecule has 0 bridgehead atoms. The third-order valence-electron chi connectivity index (χ3n) is 10.8. The number of benzene rings is 2. The van der Waals surface area contributed by atoms with Crippen LogP contribution in [0.2, 0.25) is 0 Å². The van der Waals surface area contributed by atoms with E-state index in [0.717, 1.165) is 25.6 Å². The molecule has 0 spiro atoms. The molecule has 0 unspecified atom stereocenters. The summed E-state index contributed by atoms with van der Waals surface area (Å²) in [5.74, 6) is -0.779. The number of halogens is 4. The Morgan fingerprint density at radius 1 is 1.15 bits per heavy atom. The Morgan fingerprint density at radius 2 is 2.02 bits per heavy atom. The van der Waals surface area contributed by atoms with Crippen LogP contribution in [-0.2, 0) is 4.79 Å². The third kappa shape index (κ3) is 6.55. The molecule has 1 N–H and O–H groups in total. The van der Waals surface area contributed by atoms with Crippen molar-refractivity contribution in [2.45, 2.75) is 43.4 Å². The number of nitrogens with zero attached hydrogens (tertiary/aromatic N) is 8. The van der Waals surface area contributed by atoms with Gasteiger partial charge in [-0.15, -0.1) is 6.42 Å². The number of rotatable bonds is 8. The van der Waals surface area contributed by atoms with E-state index < -0.39 is 41.1 Å². The molecule has 2 aromatic carbocycles. The highest BCUT2D eigenvalue weighted by Gasteiger charge is 2.49. The lowest BCUT2D eigenvalue weighted by atomic mass is 9.95. The first kappa shape index (κ1) is 35.8. The fourth-order valence-electron chi connectivity index (χ4n) is 8.21. The van der Waals surface area contributed by atoms with Crippen LogP contribution < -0.4 is 15.1 Å². The molecule has 3 saturated heterocycles. The van der Waals surface area contributed by atoms with Crippen LogP contribution in [0.15, 0.2) is 73.1 Å². The predicted octanol–water partition coefficient (Wildman–Crippen LogP) is 5.65.